The molecule has 4 heterocycles. The number of benzene rings is 4. The lowest BCUT2D eigenvalue weighted by Crippen LogP contribution is -2.57. The Morgan fingerprint density at radius 1 is 0.590 bits per heavy atom. The zero-order chi connectivity index (χ0) is 56.8. The average Bonchev–Trinajstić information content (AvgIpc) is 4.27. The number of alkyl carbamates (subject to hydrolysis) is 1. The molecule has 16 nitrogen and oxygen atoms in total. The third kappa shape index (κ3) is 18.0. The maximum absolute atomic E-state index is 14.1. The highest BCUT2D eigenvalue weighted by atomic mass is 19.1. The van der Waals surface area contributed by atoms with Gasteiger partial charge in [-0.05, 0) is 113 Å². The molecule has 7 atom stereocenters. The lowest BCUT2D eigenvalue weighted by molar-refractivity contribution is -0.144. The lowest BCUT2D eigenvalue weighted by atomic mass is 9.85. The van der Waals surface area contributed by atoms with Crippen molar-refractivity contribution in [3.05, 3.63) is 143 Å². The number of hydrogen-bond donors (Lipinski definition) is 2. The summed E-state index contributed by atoms with van der Waals surface area (Å²) in [7, 11) is 0. The van der Waals surface area contributed by atoms with Gasteiger partial charge in [0.15, 0.2) is 0 Å². The van der Waals surface area contributed by atoms with E-state index in [1.165, 1.54) is 24.3 Å². The van der Waals surface area contributed by atoms with E-state index in [4.69, 9.17) is 28.4 Å². The molecule has 0 saturated carbocycles. The van der Waals surface area contributed by atoms with Gasteiger partial charge < -0.3 is 53.8 Å². The van der Waals surface area contributed by atoms with E-state index in [2.05, 4.69) is 10.6 Å². The molecule has 4 saturated heterocycles. The number of nitrogens with zero attached hydrogens (tertiary/aromatic N) is 3. The summed E-state index contributed by atoms with van der Waals surface area (Å²) < 4.78 is 60.3. The van der Waals surface area contributed by atoms with Crippen molar-refractivity contribution in [3.63, 3.8) is 0 Å². The molecule has 0 radical (unpaired) electrons. The molecule has 8 rings (SSSR count). The summed E-state index contributed by atoms with van der Waals surface area (Å²) in [6.07, 6.45) is -0.147. The number of likely N-dealkylation sites (tertiary alicyclic amines) is 3. The standard InChI is InChI=1S/C32H42FN3O6.C18H25FN2O3.C10H12O2/c1-31(2,3)27(34-29(38)41-20-21-10-8-7-9-11-21)28(37)35-17-16-24-26(35)25(18-36(24)30(39)42-32(4,5)6)40-19-22-12-14-23(33)15-13-22;1-18(2,3)24-17(22)21-10-15(16-14(21)8-9-20-16)23-11-12-4-6-13(19)7-5-12;1-2-10(11)12-8-9-6-4-3-5-7-9/h7-15,24-27H,16-20H2,1-6H3,(H,34,38);4-7,14-16,20H,8-11H2,1-3H3;3-7H,2,8H2,1H3/t24-,25+,26+,27-;14-,15+,16+;/m11./s1. The number of carbonyl (C=O) groups excluding carboxylic acids is 5. The molecule has 0 spiro atoms. The summed E-state index contributed by atoms with van der Waals surface area (Å²) >= 11 is 0. The molecule has 4 amide bonds. The first-order chi connectivity index (χ1) is 36.9. The first-order valence-corrected chi connectivity index (χ1v) is 26.8. The Hall–Kier alpha value is -6.63. The van der Waals surface area contributed by atoms with Crippen molar-refractivity contribution in [3.8, 4) is 0 Å². The Balaban J connectivity index is 0.000000227. The van der Waals surface area contributed by atoms with E-state index >= 15 is 0 Å². The molecule has 78 heavy (non-hydrogen) atoms. The van der Waals surface area contributed by atoms with Crippen LogP contribution in [0.15, 0.2) is 109 Å². The molecule has 0 bridgehead atoms. The molecule has 4 fully saturated rings. The van der Waals surface area contributed by atoms with E-state index in [0.29, 0.717) is 39.1 Å². The van der Waals surface area contributed by atoms with Gasteiger partial charge in [-0.15, -0.1) is 0 Å². The Bertz CT molecular complexity index is 2570. The molecule has 18 heteroatoms. The zero-order valence-electron chi connectivity index (χ0n) is 46.8. The molecule has 424 valence electrons. The van der Waals surface area contributed by atoms with Crippen molar-refractivity contribution in [2.45, 2.75) is 169 Å². The maximum Gasteiger partial charge on any atom is 0.410 e. The Labute approximate surface area is 458 Å². The first-order valence-electron chi connectivity index (χ1n) is 26.8. The predicted octanol–water partition coefficient (Wildman–Crippen LogP) is 10.1. The van der Waals surface area contributed by atoms with Crippen LogP contribution in [0.25, 0.3) is 0 Å². The summed E-state index contributed by atoms with van der Waals surface area (Å²) in [5.41, 5.74) is 1.73. The van der Waals surface area contributed by atoms with Crippen LogP contribution in [0.4, 0.5) is 23.2 Å². The number of hydrogen-bond acceptors (Lipinski definition) is 12. The second-order valence-corrected chi connectivity index (χ2v) is 22.9. The number of ether oxygens (including phenoxy) is 6. The number of nitrogens with one attached hydrogen (secondary N) is 2. The minimum atomic E-state index is -0.882. The van der Waals surface area contributed by atoms with Crippen molar-refractivity contribution < 1.29 is 61.2 Å². The van der Waals surface area contributed by atoms with Crippen LogP contribution in [0.1, 0.15) is 111 Å². The highest BCUT2D eigenvalue weighted by molar-refractivity contribution is 5.87. The third-order valence-corrected chi connectivity index (χ3v) is 13.4. The largest absolute Gasteiger partial charge is 0.461 e. The molecular weight excluding hydrogens is 1000 g/mol. The van der Waals surface area contributed by atoms with Crippen molar-refractivity contribution in [1.29, 1.82) is 0 Å². The van der Waals surface area contributed by atoms with Gasteiger partial charge in [-0.25, -0.2) is 23.2 Å². The molecule has 4 aromatic rings. The molecular formula is C60H79F2N5O11. The SMILES string of the molecule is CC(C)(C)OC(=O)N1C[C@H](OCc2ccc(F)cc2)[C@@H]2[C@H]1CCN2C(=O)[C@@H](NC(=O)OCc1ccccc1)C(C)(C)C.CC(C)(C)OC(=O)N1C[C@H](OCc2ccc(F)cc2)[C@H]2NCC[C@H]21.CCC(=O)OCc1ccccc1. The van der Waals surface area contributed by atoms with Gasteiger partial charge >= 0.3 is 24.2 Å². The van der Waals surface area contributed by atoms with Gasteiger partial charge in [-0.1, -0.05) is 113 Å². The van der Waals surface area contributed by atoms with Crippen molar-refractivity contribution >= 4 is 30.2 Å². The number of halogens is 2. The highest BCUT2D eigenvalue weighted by Gasteiger charge is 2.55. The fraction of sp³-hybridized carbons (Fsp3) is 0.517. The number of fused-ring (bicyclic) bond motifs is 2. The van der Waals surface area contributed by atoms with Crippen LogP contribution in [-0.2, 0) is 64.4 Å². The lowest BCUT2D eigenvalue weighted by Gasteiger charge is -2.36. The van der Waals surface area contributed by atoms with Gasteiger partial charge in [0.25, 0.3) is 0 Å². The zero-order valence-corrected chi connectivity index (χ0v) is 46.8. The van der Waals surface area contributed by atoms with Crippen LogP contribution in [0.2, 0.25) is 0 Å². The second-order valence-electron chi connectivity index (χ2n) is 22.9. The summed E-state index contributed by atoms with van der Waals surface area (Å²) in [5, 5.41) is 6.22. The topological polar surface area (TPSA) is 175 Å². The number of amides is 4. The normalized spacial score (nSPS) is 20.9. The van der Waals surface area contributed by atoms with Gasteiger partial charge in [0.05, 0.1) is 62.7 Å². The van der Waals surface area contributed by atoms with E-state index in [1.807, 2.05) is 123 Å². The van der Waals surface area contributed by atoms with Gasteiger partial charge in [0.2, 0.25) is 5.91 Å². The van der Waals surface area contributed by atoms with E-state index < -0.39 is 47.0 Å². The summed E-state index contributed by atoms with van der Waals surface area (Å²) in [4.78, 5) is 68.5. The smallest absolute Gasteiger partial charge is 0.410 e. The Kier molecular flexibility index (Phi) is 21.2. The van der Waals surface area contributed by atoms with Gasteiger partial charge in [-0.3, -0.25) is 9.59 Å². The molecule has 4 aliphatic heterocycles. The molecule has 0 aliphatic carbocycles. The van der Waals surface area contributed by atoms with Crippen LogP contribution in [0.5, 0.6) is 0 Å². The van der Waals surface area contributed by atoms with Crippen LogP contribution in [-0.4, -0.2) is 125 Å². The number of rotatable bonds is 13. The molecule has 0 unspecified atom stereocenters. The Morgan fingerprint density at radius 2 is 1.05 bits per heavy atom. The minimum absolute atomic E-state index is 0.0797. The number of esters is 1. The predicted molar refractivity (Wildman–Crippen MR) is 289 cm³/mol. The van der Waals surface area contributed by atoms with Crippen LogP contribution in [0.3, 0.4) is 0 Å². The fourth-order valence-corrected chi connectivity index (χ4v) is 9.64. The first kappa shape index (κ1) is 60.6. The molecule has 2 N–H and O–H groups in total. The molecule has 4 aliphatic rings. The molecule has 0 aromatic heterocycles. The third-order valence-electron chi connectivity index (χ3n) is 13.4. The average molecular weight is 1080 g/mol. The van der Waals surface area contributed by atoms with E-state index in [1.54, 1.807) is 45.9 Å². The maximum atomic E-state index is 14.1. The van der Waals surface area contributed by atoms with Gasteiger partial charge in [0.1, 0.15) is 42.1 Å². The van der Waals surface area contributed by atoms with Crippen molar-refractivity contribution in [1.82, 2.24) is 25.3 Å². The van der Waals surface area contributed by atoms with Crippen LogP contribution in [0, 0.1) is 17.0 Å². The summed E-state index contributed by atoms with van der Waals surface area (Å²) in [6.45, 7) is 21.5. The fourth-order valence-electron chi connectivity index (χ4n) is 9.64. The van der Waals surface area contributed by atoms with E-state index in [0.717, 1.165) is 35.2 Å². The molecule has 4 aromatic carbocycles. The van der Waals surface area contributed by atoms with Crippen molar-refractivity contribution in [2.75, 3.05) is 26.2 Å². The van der Waals surface area contributed by atoms with Crippen LogP contribution >= 0.6 is 0 Å². The number of carbonyl (C=O) groups is 5. The second kappa shape index (κ2) is 27.3. The monoisotopic (exact) mass is 1080 g/mol. The summed E-state index contributed by atoms with van der Waals surface area (Å²) in [6, 6.07) is 29.9. The quantitative estimate of drug-likeness (QED) is 0.0960. The minimum Gasteiger partial charge on any atom is -0.461 e. The Morgan fingerprint density at radius 3 is 1.54 bits per heavy atom. The van der Waals surface area contributed by atoms with Crippen LogP contribution < -0.4 is 10.6 Å². The van der Waals surface area contributed by atoms with Crippen molar-refractivity contribution in [2.24, 2.45) is 5.41 Å². The summed E-state index contributed by atoms with van der Waals surface area (Å²) in [5.74, 6) is -1.02. The van der Waals surface area contributed by atoms with E-state index in [9.17, 15) is 32.8 Å². The highest BCUT2D eigenvalue weighted by Crippen LogP contribution is 2.37. The van der Waals surface area contributed by atoms with Gasteiger partial charge in [0, 0.05) is 13.0 Å². The van der Waals surface area contributed by atoms with E-state index in [-0.39, 0.29) is 73.6 Å². The van der Waals surface area contributed by atoms with Gasteiger partial charge in [-0.2, -0.15) is 0 Å².